The Bertz CT molecular complexity index is 590. The number of nitrogens with zero attached hydrogens (tertiary/aromatic N) is 1. The van der Waals surface area contributed by atoms with Crippen LogP contribution < -0.4 is 0 Å². The fourth-order valence-electron chi connectivity index (χ4n) is 1.88. The normalized spacial score (nSPS) is 10.4. The van der Waals surface area contributed by atoms with Gasteiger partial charge in [0.25, 0.3) is 5.22 Å². The Hall–Kier alpha value is -2.13. The monoisotopic (exact) mass is 252 g/mol. The van der Waals surface area contributed by atoms with E-state index in [-0.39, 0.29) is 5.22 Å². The molecule has 1 radical (unpaired) electrons. The predicted octanol–water partition coefficient (Wildman–Crippen LogP) is 4.57. The molecule has 0 atom stereocenters. The van der Waals surface area contributed by atoms with E-state index in [1.807, 2.05) is 60.7 Å². The number of rotatable bonds is 2. The number of hydrogen-bond donors (Lipinski definition) is 0. The minimum atomic E-state index is 0.271. The van der Waals surface area contributed by atoms with Crippen LogP contribution in [0, 0.1) is 0 Å². The Kier molecular flexibility index (Phi) is 2.82. The summed E-state index contributed by atoms with van der Waals surface area (Å²) < 4.78 is 5.56. The van der Waals surface area contributed by atoms with Gasteiger partial charge in [0.2, 0.25) is 0 Å². The molecule has 0 aliphatic heterocycles. The molecule has 0 bridgehead atoms. The molecule has 1 aromatic heterocycles. The summed E-state index contributed by atoms with van der Waals surface area (Å²) >= 11 is 5.04. The molecule has 0 amide bonds. The van der Waals surface area contributed by atoms with Crippen LogP contribution in [0.4, 0.5) is 0 Å². The van der Waals surface area contributed by atoms with Crippen LogP contribution in [-0.2, 0) is 0 Å². The van der Waals surface area contributed by atoms with E-state index in [4.69, 9.17) is 17.0 Å². The molecule has 0 aliphatic carbocycles. The predicted molar refractivity (Wildman–Crippen MR) is 73.2 cm³/mol. The fourth-order valence-corrected chi connectivity index (χ4v) is 2.05. The van der Waals surface area contributed by atoms with Gasteiger partial charge in [-0.05, 0) is 12.6 Å². The molecule has 0 unspecified atom stereocenters. The lowest BCUT2D eigenvalue weighted by atomic mass is 10.1. The molecular weight excluding hydrogens is 242 g/mol. The molecule has 2 nitrogen and oxygen atoms in total. The van der Waals surface area contributed by atoms with Crippen molar-refractivity contribution in [3.05, 3.63) is 60.7 Å². The average Bonchev–Trinajstić information content (AvgIpc) is 2.83. The Morgan fingerprint density at radius 1 is 0.778 bits per heavy atom. The summed E-state index contributed by atoms with van der Waals surface area (Å²) in [5.74, 6) is 0.729. The zero-order chi connectivity index (χ0) is 12.4. The summed E-state index contributed by atoms with van der Waals surface area (Å²) in [5, 5.41) is 0.271. The maximum Gasteiger partial charge on any atom is 0.289 e. The highest BCUT2D eigenvalue weighted by atomic mass is 32.1. The van der Waals surface area contributed by atoms with Gasteiger partial charge in [-0.1, -0.05) is 60.7 Å². The van der Waals surface area contributed by atoms with E-state index in [9.17, 15) is 0 Å². The van der Waals surface area contributed by atoms with E-state index >= 15 is 0 Å². The van der Waals surface area contributed by atoms with Crippen LogP contribution in [0.25, 0.3) is 22.6 Å². The third-order valence-electron chi connectivity index (χ3n) is 2.69. The van der Waals surface area contributed by atoms with Gasteiger partial charge in [0, 0.05) is 11.1 Å². The lowest BCUT2D eigenvalue weighted by molar-refractivity contribution is 0.468. The molecule has 0 saturated heterocycles. The van der Waals surface area contributed by atoms with Crippen LogP contribution in [-0.4, -0.2) is 4.98 Å². The maximum atomic E-state index is 5.56. The summed E-state index contributed by atoms with van der Waals surface area (Å²) in [7, 11) is 0. The van der Waals surface area contributed by atoms with E-state index in [0.29, 0.717) is 0 Å². The number of oxazole rings is 1. The molecular formula is C15H10NOS. The van der Waals surface area contributed by atoms with Crippen LogP contribution in [0.3, 0.4) is 0 Å². The van der Waals surface area contributed by atoms with Gasteiger partial charge in [0.15, 0.2) is 5.76 Å². The zero-order valence-corrected chi connectivity index (χ0v) is 10.4. The molecule has 0 aliphatic rings. The second-order valence-corrected chi connectivity index (χ2v) is 4.24. The van der Waals surface area contributed by atoms with Crippen LogP contribution in [0.2, 0.25) is 0 Å². The highest BCUT2D eigenvalue weighted by Crippen LogP contribution is 2.33. The van der Waals surface area contributed by atoms with Crippen molar-refractivity contribution in [2.75, 3.05) is 0 Å². The quantitative estimate of drug-likeness (QED) is 0.668. The molecule has 0 N–H and O–H groups in total. The van der Waals surface area contributed by atoms with E-state index in [1.54, 1.807) is 0 Å². The Morgan fingerprint density at radius 2 is 1.33 bits per heavy atom. The summed E-state index contributed by atoms with van der Waals surface area (Å²) in [6, 6.07) is 19.8. The van der Waals surface area contributed by atoms with Crippen LogP contribution >= 0.6 is 12.6 Å². The number of benzene rings is 2. The first-order valence-electron chi connectivity index (χ1n) is 5.63. The van der Waals surface area contributed by atoms with E-state index in [1.165, 1.54) is 0 Å². The first-order valence-corrected chi connectivity index (χ1v) is 6.04. The molecule has 1 heterocycles. The zero-order valence-electron chi connectivity index (χ0n) is 9.54. The lowest BCUT2D eigenvalue weighted by Gasteiger charge is -2.00. The van der Waals surface area contributed by atoms with Gasteiger partial charge >= 0.3 is 0 Å². The Labute approximate surface area is 111 Å². The molecule has 3 heteroatoms. The van der Waals surface area contributed by atoms with Crippen molar-refractivity contribution in [1.29, 1.82) is 0 Å². The molecule has 3 aromatic rings. The largest absolute Gasteiger partial charge is 0.427 e. The van der Waals surface area contributed by atoms with Crippen molar-refractivity contribution >= 4 is 12.6 Å². The first-order chi connectivity index (χ1) is 8.84. The minimum absolute atomic E-state index is 0.271. The standard InChI is InChI=1S/C15H10NOS/c18-15-16-13(11-7-3-1-4-8-11)14(17-15)12-9-5-2-6-10-12/h1-10H. The van der Waals surface area contributed by atoms with Crippen molar-refractivity contribution in [2.24, 2.45) is 0 Å². The van der Waals surface area contributed by atoms with Crippen molar-refractivity contribution < 1.29 is 4.42 Å². The fraction of sp³-hybridized carbons (Fsp3) is 0. The third kappa shape index (κ3) is 2.00. The molecule has 0 spiro atoms. The van der Waals surface area contributed by atoms with Gasteiger partial charge in [-0.3, -0.25) is 0 Å². The van der Waals surface area contributed by atoms with Gasteiger partial charge < -0.3 is 4.42 Å². The van der Waals surface area contributed by atoms with Crippen LogP contribution in [0.15, 0.2) is 70.3 Å². The summed E-state index contributed by atoms with van der Waals surface area (Å²) in [6.45, 7) is 0. The molecule has 18 heavy (non-hydrogen) atoms. The Balaban J connectivity index is 2.17. The summed E-state index contributed by atoms with van der Waals surface area (Å²) in [5.41, 5.74) is 2.79. The number of aromatic nitrogens is 1. The summed E-state index contributed by atoms with van der Waals surface area (Å²) in [6.07, 6.45) is 0. The second kappa shape index (κ2) is 4.63. The van der Waals surface area contributed by atoms with Crippen molar-refractivity contribution in [2.45, 2.75) is 5.22 Å². The van der Waals surface area contributed by atoms with Gasteiger partial charge in [-0.25, -0.2) is 0 Å². The first kappa shape index (κ1) is 11.0. The third-order valence-corrected chi connectivity index (χ3v) is 2.87. The molecule has 3 rings (SSSR count). The van der Waals surface area contributed by atoms with Crippen molar-refractivity contribution in [1.82, 2.24) is 4.98 Å². The van der Waals surface area contributed by atoms with Gasteiger partial charge in [-0.2, -0.15) is 4.98 Å². The van der Waals surface area contributed by atoms with E-state index in [0.717, 1.165) is 22.6 Å². The average molecular weight is 252 g/mol. The number of hydrogen-bond acceptors (Lipinski definition) is 2. The van der Waals surface area contributed by atoms with Crippen LogP contribution in [0.5, 0.6) is 0 Å². The van der Waals surface area contributed by atoms with E-state index in [2.05, 4.69) is 4.98 Å². The highest BCUT2D eigenvalue weighted by Gasteiger charge is 2.15. The van der Waals surface area contributed by atoms with Gasteiger partial charge in [0.1, 0.15) is 5.69 Å². The summed E-state index contributed by atoms with van der Waals surface area (Å²) in [4.78, 5) is 4.31. The van der Waals surface area contributed by atoms with Crippen molar-refractivity contribution in [3.8, 4) is 22.6 Å². The van der Waals surface area contributed by atoms with Crippen LogP contribution in [0.1, 0.15) is 0 Å². The maximum absolute atomic E-state index is 5.56. The molecule has 0 saturated carbocycles. The molecule has 0 fully saturated rings. The SMILES string of the molecule is [S]c1nc(-c2ccccc2)c(-c2ccccc2)o1. The smallest absolute Gasteiger partial charge is 0.289 e. The Morgan fingerprint density at radius 3 is 1.94 bits per heavy atom. The highest BCUT2D eigenvalue weighted by molar-refractivity contribution is 7.80. The van der Waals surface area contributed by atoms with Gasteiger partial charge in [0.05, 0.1) is 0 Å². The lowest BCUT2D eigenvalue weighted by Crippen LogP contribution is -1.81. The minimum Gasteiger partial charge on any atom is -0.427 e. The second-order valence-electron chi connectivity index (χ2n) is 3.89. The molecule has 87 valence electrons. The van der Waals surface area contributed by atoms with Crippen molar-refractivity contribution in [3.63, 3.8) is 0 Å². The topological polar surface area (TPSA) is 26.0 Å². The van der Waals surface area contributed by atoms with E-state index < -0.39 is 0 Å². The molecule has 2 aromatic carbocycles. The van der Waals surface area contributed by atoms with Gasteiger partial charge in [-0.15, -0.1) is 0 Å².